The van der Waals surface area contributed by atoms with Crippen molar-refractivity contribution in [3.63, 3.8) is 0 Å². The molecule has 2 amide bonds. The number of carbonyl (C=O) groups is 2. The van der Waals surface area contributed by atoms with Crippen molar-refractivity contribution in [2.75, 3.05) is 38.0 Å². The number of hydrogen-bond donors (Lipinski definition) is 1. The van der Waals surface area contributed by atoms with Crippen molar-refractivity contribution in [1.29, 1.82) is 0 Å². The van der Waals surface area contributed by atoms with E-state index in [1.165, 1.54) is 11.1 Å². The minimum absolute atomic E-state index is 0.0176. The number of rotatable bonds is 6. The molecule has 0 aromatic heterocycles. The maximum atomic E-state index is 12.8. The highest BCUT2D eigenvalue weighted by molar-refractivity contribution is 5.95. The van der Waals surface area contributed by atoms with Crippen LogP contribution in [0.1, 0.15) is 47.3 Å². The summed E-state index contributed by atoms with van der Waals surface area (Å²) in [6.45, 7) is 9.48. The van der Waals surface area contributed by atoms with Crippen LogP contribution in [0.3, 0.4) is 0 Å². The van der Waals surface area contributed by atoms with Crippen LogP contribution < -0.4 is 5.32 Å². The van der Waals surface area contributed by atoms with Gasteiger partial charge in [0.1, 0.15) is 0 Å². The van der Waals surface area contributed by atoms with E-state index in [0.717, 1.165) is 49.2 Å². The molecule has 1 aliphatic rings. The summed E-state index contributed by atoms with van der Waals surface area (Å²) in [6.07, 6.45) is 2.66. The minimum atomic E-state index is 0.0176. The standard InChI is InChI=1S/C25H33N3O2/c1-4-20-10-7-11-21(5-2)24(20)26-23(29)18-27-13-8-14-28(16-15-27)25(30)22-12-6-9-19(3)17-22/h6-7,9-12,17H,4-5,8,13-16,18H2,1-3H3,(H,26,29). The van der Waals surface area contributed by atoms with Crippen LogP contribution >= 0.6 is 0 Å². The van der Waals surface area contributed by atoms with E-state index >= 15 is 0 Å². The average molecular weight is 408 g/mol. The smallest absolute Gasteiger partial charge is 0.253 e. The molecule has 1 saturated heterocycles. The molecule has 2 aromatic rings. The third kappa shape index (κ3) is 5.48. The number of amides is 2. The second-order valence-corrected chi connectivity index (χ2v) is 8.00. The molecule has 0 unspecified atom stereocenters. The van der Waals surface area contributed by atoms with Gasteiger partial charge in [0.25, 0.3) is 5.91 Å². The highest BCUT2D eigenvalue weighted by atomic mass is 16.2. The lowest BCUT2D eigenvalue weighted by molar-refractivity contribution is -0.117. The van der Waals surface area contributed by atoms with E-state index in [4.69, 9.17) is 0 Å². The van der Waals surface area contributed by atoms with Crippen molar-refractivity contribution in [2.45, 2.75) is 40.0 Å². The second kappa shape index (κ2) is 10.4. The summed E-state index contributed by atoms with van der Waals surface area (Å²) in [5.41, 5.74) is 5.15. The Kier molecular flexibility index (Phi) is 7.63. The Morgan fingerprint density at radius 1 is 0.933 bits per heavy atom. The molecule has 30 heavy (non-hydrogen) atoms. The van der Waals surface area contributed by atoms with Gasteiger partial charge in [-0.15, -0.1) is 0 Å². The van der Waals surface area contributed by atoms with E-state index < -0.39 is 0 Å². The van der Waals surface area contributed by atoms with Gasteiger partial charge in [-0.3, -0.25) is 14.5 Å². The molecule has 5 heteroatoms. The Balaban J connectivity index is 1.59. The molecule has 1 fully saturated rings. The molecule has 1 aliphatic heterocycles. The number of aryl methyl sites for hydroxylation is 3. The third-order valence-corrected chi connectivity index (χ3v) is 5.77. The molecule has 3 rings (SSSR count). The van der Waals surface area contributed by atoms with Gasteiger partial charge in [0, 0.05) is 37.4 Å². The number of para-hydroxylation sites is 1. The zero-order valence-electron chi connectivity index (χ0n) is 18.4. The van der Waals surface area contributed by atoms with Gasteiger partial charge in [0.05, 0.1) is 6.54 Å². The van der Waals surface area contributed by atoms with Crippen LogP contribution in [0, 0.1) is 6.92 Å². The van der Waals surface area contributed by atoms with Gasteiger partial charge in [-0.1, -0.05) is 49.7 Å². The topological polar surface area (TPSA) is 52.7 Å². The molecular weight excluding hydrogens is 374 g/mol. The number of benzene rings is 2. The highest BCUT2D eigenvalue weighted by Gasteiger charge is 2.22. The van der Waals surface area contributed by atoms with E-state index in [-0.39, 0.29) is 11.8 Å². The third-order valence-electron chi connectivity index (χ3n) is 5.77. The highest BCUT2D eigenvalue weighted by Crippen LogP contribution is 2.22. The monoisotopic (exact) mass is 407 g/mol. The molecule has 2 aromatic carbocycles. The lowest BCUT2D eigenvalue weighted by Crippen LogP contribution is -2.38. The van der Waals surface area contributed by atoms with E-state index in [2.05, 4.69) is 42.3 Å². The molecule has 0 atom stereocenters. The maximum Gasteiger partial charge on any atom is 0.253 e. The average Bonchev–Trinajstić information content (AvgIpc) is 2.98. The fourth-order valence-corrected chi connectivity index (χ4v) is 4.08. The summed E-state index contributed by atoms with van der Waals surface area (Å²) in [5, 5.41) is 3.15. The summed E-state index contributed by atoms with van der Waals surface area (Å²) < 4.78 is 0. The molecular formula is C25H33N3O2. The summed E-state index contributed by atoms with van der Waals surface area (Å²) in [6, 6.07) is 14.0. The molecule has 1 N–H and O–H groups in total. The second-order valence-electron chi connectivity index (χ2n) is 8.00. The zero-order valence-corrected chi connectivity index (χ0v) is 18.4. The largest absolute Gasteiger partial charge is 0.337 e. The first-order valence-electron chi connectivity index (χ1n) is 11.0. The van der Waals surface area contributed by atoms with Crippen LogP contribution in [0.25, 0.3) is 0 Å². The fourth-order valence-electron chi connectivity index (χ4n) is 4.08. The van der Waals surface area contributed by atoms with Gasteiger partial charge in [-0.25, -0.2) is 0 Å². The number of nitrogens with zero attached hydrogens (tertiary/aromatic N) is 2. The molecule has 0 spiro atoms. The van der Waals surface area contributed by atoms with Crippen molar-refractivity contribution < 1.29 is 9.59 Å². The van der Waals surface area contributed by atoms with Crippen molar-refractivity contribution in [2.24, 2.45) is 0 Å². The molecule has 1 heterocycles. The van der Waals surface area contributed by atoms with E-state index in [0.29, 0.717) is 19.6 Å². The Labute approximate surface area is 180 Å². The van der Waals surface area contributed by atoms with Crippen LogP contribution in [0.5, 0.6) is 0 Å². The number of hydrogen-bond acceptors (Lipinski definition) is 3. The van der Waals surface area contributed by atoms with Gasteiger partial charge < -0.3 is 10.2 Å². The number of anilines is 1. The summed E-state index contributed by atoms with van der Waals surface area (Å²) in [7, 11) is 0. The lowest BCUT2D eigenvalue weighted by Gasteiger charge is -2.22. The van der Waals surface area contributed by atoms with Gasteiger partial charge >= 0.3 is 0 Å². The van der Waals surface area contributed by atoms with Crippen LogP contribution in [0.2, 0.25) is 0 Å². The van der Waals surface area contributed by atoms with Gasteiger partial charge in [-0.2, -0.15) is 0 Å². The predicted octanol–water partition coefficient (Wildman–Crippen LogP) is 3.91. The molecule has 0 saturated carbocycles. The quantitative estimate of drug-likeness (QED) is 0.790. The summed E-state index contributed by atoms with van der Waals surface area (Å²) in [4.78, 5) is 29.7. The number of nitrogens with one attached hydrogen (secondary N) is 1. The zero-order chi connectivity index (χ0) is 21.5. The van der Waals surface area contributed by atoms with Crippen molar-refractivity contribution in [3.8, 4) is 0 Å². The summed E-state index contributed by atoms with van der Waals surface area (Å²) in [5.74, 6) is 0.0959. The molecule has 0 bridgehead atoms. The molecule has 0 aliphatic carbocycles. The first-order valence-corrected chi connectivity index (χ1v) is 11.0. The van der Waals surface area contributed by atoms with Gasteiger partial charge in [0.2, 0.25) is 5.91 Å². The van der Waals surface area contributed by atoms with Crippen molar-refractivity contribution >= 4 is 17.5 Å². The minimum Gasteiger partial charge on any atom is -0.337 e. The van der Waals surface area contributed by atoms with Crippen LogP contribution in [-0.2, 0) is 17.6 Å². The van der Waals surface area contributed by atoms with Crippen LogP contribution in [0.4, 0.5) is 5.69 Å². The Bertz CT molecular complexity index is 871. The first kappa shape index (κ1) is 22.0. The van der Waals surface area contributed by atoms with Crippen molar-refractivity contribution in [1.82, 2.24) is 9.80 Å². The Morgan fingerprint density at radius 3 is 2.30 bits per heavy atom. The molecule has 0 radical (unpaired) electrons. The maximum absolute atomic E-state index is 12.8. The van der Waals surface area contributed by atoms with Crippen LogP contribution in [0.15, 0.2) is 42.5 Å². The normalized spacial score (nSPS) is 15.0. The van der Waals surface area contributed by atoms with E-state index in [9.17, 15) is 9.59 Å². The Hall–Kier alpha value is -2.66. The molecule has 5 nitrogen and oxygen atoms in total. The first-order chi connectivity index (χ1) is 14.5. The van der Waals surface area contributed by atoms with Crippen LogP contribution in [-0.4, -0.2) is 54.3 Å². The van der Waals surface area contributed by atoms with E-state index in [1.807, 2.05) is 36.1 Å². The summed E-state index contributed by atoms with van der Waals surface area (Å²) >= 11 is 0. The Morgan fingerprint density at radius 2 is 1.63 bits per heavy atom. The van der Waals surface area contributed by atoms with Gasteiger partial charge in [-0.05, 0) is 49.4 Å². The fraction of sp³-hybridized carbons (Fsp3) is 0.440. The number of carbonyl (C=O) groups excluding carboxylic acids is 2. The lowest BCUT2D eigenvalue weighted by atomic mass is 10.0. The molecule has 160 valence electrons. The predicted molar refractivity (Wildman–Crippen MR) is 122 cm³/mol. The van der Waals surface area contributed by atoms with E-state index in [1.54, 1.807) is 0 Å². The van der Waals surface area contributed by atoms with Gasteiger partial charge in [0.15, 0.2) is 0 Å². The van der Waals surface area contributed by atoms with Crippen molar-refractivity contribution in [3.05, 3.63) is 64.7 Å². The SMILES string of the molecule is CCc1cccc(CC)c1NC(=O)CN1CCCN(C(=O)c2cccc(C)c2)CC1.